The minimum atomic E-state index is -0.145. The van der Waals surface area contributed by atoms with E-state index in [1.165, 1.54) is 0 Å². The van der Waals surface area contributed by atoms with Crippen LogP contribution < -0.4 is 10.2 Å². The van der Waals surface area contributed by atoms with Gasteiger partial charge in [0.25, 0.3) is 5.91 Å². The quantitative estimate of drug-likeness (QED) is 0.833. The fraction of sp³-hybridized carbons (Fsp3) is 0.250. The molecule has 1 N–H and O–H groups in total. The van der Waals surface area contributed by atoms with Crippen molar-refractivity contribution in [3.63, 3.8) is 0 Å². The number of nitrogens with one attached hydrogen (secondary N) is 1. The molecule has 1 heterocycles. The molecular weight excluding hydrogens is 330 g/mol. The van der Waals surface area contributed by atoms with Crippen molar-refractivity contribution in [2.75, 3.05) is 23.3 Å². The molecule has 1 aromatic carbocycles. The second kappa shape index (κ2) is 7.22. The number of halogens is 1. The second-order valence-electron chi connectivity index (χ2n) is 4.54. The molecule has 0 saturated carbocycles. The second-order valence-corrected chi connectivity index (χ2v) is 5.35. The Labute approximate surface area is 133 Å². The van der Waals surface area contributed by atoms with Crippen molar-refractivity contribution in [2.24, 2.45) is 0 Å². The van der Waals surface area contributed by atoms with E-state index in [4.69, 9.17) is 0 Å². The number of pyridine rings is 1. The van der Waals surface area contributed by atoms with Crippen LogP contribution in [0.4, 0.5) is 11.4 Å². The number of hydrogen-bond donors (Lipinski definition) is 1. The average molecular weight is 348 g/mol. The molecule has 0 spiro atoms. The lowest BCUT2D eigenvalue weighted by Crippen LogP contribution is -2.21. The predicted octanol–water partition coefficient (Wildman–Crippen LogP) is 3.94. The highest BCUT2D eigenvalue weighted by molar-refractivity contribution is 9.10. The average Bonchev–Trinajstić information content (AvgIpc) is 2.50. The fourth-order valence-electron chi connectivity index (χ4n) is 2.09. The lowest BCUT2D eigenvalue weighted by atomic mass is 10.2. The highest BCUT2D eigenvalue weighted by atomic mass is 79.9. The summed E-state index contributed by atoms with van der Waals surface area (Å²) in [5.74, 6) is -0.145. The van der Waals surface area contributed by atoms with Gasteiger partial charge in [0.15, 0.2) is 0 Å². The van der Waals surface area contributed by atoms with Crippen LogP contribution in [-0.2, 0) is 0 Å². The third-order valence-electron chi connectivity index (χ3n) is 3.24. The van der Waals surface area contributed by atoms with Gasteiger partial charge in [0.05, 0.1) is 0 Å². The number of aromatic nitrogens is 1. The maximum Gasteiger partial charge on any atom is 0.255 e. The normalized spacial score (nSPS) is 10.2. The summed E-state index contributed by atoms with van der Waals surface area (Å²) in [6, 6.07) is 11.3. The molecule has 5 heteroatoms. The van der Waals surface area contributed by atoms with Crippen LogP contribution in [0.3, 0.4) is 0 Å². The van der Waals surface area contributed by atoms with E-state index in [2.05, 4.69) is 45.0 Å². The van der Waals surface area contributed by atoms with Gasteiger partial charge in [-0.15, -0.1) is 0 Å². The van der Waals surface area contributed by atoms with Crippen LogP contribution in [0.2, 0.25) is 0 Å². The lowest BCUT2D eigenvalue weighted by Gasteiger charge is -2.21. The Morgan fingerprint density at radius 1 is 1.19 bits per heavy atom. The third-order valence-corrected chi connectivity index (χ3v) is 3.68. The first kappa shape index (κ1) is 15.5. The molecule has 0 bridgehead atoms. The fourth-order valence-corrected chi connectivity index (χ4v) is 2.46. The van der Waals surface area contributed by atoms with E-state index in [0.29, 0.717) is 10.2 Å². The summed E-state index contributed by atoms with van der Waals surface area (Å²) in [6.45, 7) is 6.18. The number of amides is 1. The molecule has 0 aliphatic heterocycles. The smallest absolute Gasteiger partial charge is 0.255 e. The van der Waals surface area contributed by atoms with Gasteiger partial charge in [-0.3, -0.25) is 4.79 Å². The number of carbonyl (C=O) groups excluding carboxylic acids is 1. The van der Waals surface area contributed by atoms with Gasteiger partial charge in [-0.25, -0.2) is 4.98 Å². The molecule has 0 fully saturated rings. The van der Waals surface area contributed by atoms with Gasteiger partial charge in [-0.1, -0.05) is 0 Å². The van der Waals surface area contributed by atoms with E-state index in [9.17, 15) is 4.79 Å². The summed E-state index contributed by atoms with van der Waals surface area (Å²) in [5.41, 5.74) is 2.51. The van der Waals surface area contributed by atoms with Gasteiger partial charge in [0, 0.05) is 36.2 Å². The highest BCUT2D eigenvalue weighted by Gasteiger charge is 2.07. The Hall–Kier alpha value is -1.88. The van der Waals surface area contributed by atoms with Crippen LogP contribution in [0.25, 0.3) is 0 Å². The van der Waals surface area contributed by atoms with E-state index in [-0.39, 0.29) is 5.91 Å². The predicted molar refractivity (Wildman–Crippen MR) is 89.9 cm³/mol. The molecule has 0 atom stereocenters. The maximum absolute atomic E-state index is 12.1. The van der Waals surface area contributed by atoms with Gasteiger partial charge < -0.3 is 10.2 Å². The van der Waals surface area contributed by atoms with Crippen molar-refractivity contribution in [2.45, 2.75) is 13.8 Å². The zero-order valence-corrected chi connectivity index (χ0v) is 13.7. The summed E-state index contributed by atoms with van der Waals surface area (Å²) in [5, 5.41) is 2.88. The van der Waals surface area contributed by atoms with Crippen LogP contribution >= 0.6 is 15.9 Å². The number of hydrogen-bond acceptors (Lipinski definition) is 3. The molecule has 1 aromatic heterocycles. The van der Waals surface area contributed by atoms with Crippen LogP contribution in [0.1, 0.15) is 24.2 Å². The topological polar surface area (TPSA) is 45.2 Å². The SMILES string of the molecule is CCN(CC)c1ccc(NC(=O)c2ccnc(Br)c2)cc1. The number of rotatable bonds is 5. The Balaban J connectivity index is 2.08. The van der Waals surface area contributed by atoms with Crippen LogP contribution in [0.15, 0.2) is 47.2 Å². The van der Waals surface area contributed by atoms with Crippen molar-refractivity contribution < 1.29 is 4.79 Å². The Kier molecular flexibility index (Phi) is 5.33. The summed E-state index contributed by atoms with van der Waals surface area (Å²) in [7, 11) is 0. The Morgan fingerprint density at radius 3 is 2.43 bits per heavy atom. The number of carbonyl (C=O) groups is 1. The lowest BCUT2D eigenvalue weighted by molar-refractivity contribution is 0.102. The van der Waals surface area contributed by atoms with E-state index < -0.39 is 0 Å². The molecular formula is C16H18BrN3O. The summed E-state index contributed by atoms with van der Waals surface area (Å²) < 4.78 is 0.645. The Bertz CT molecular complexity index is 609. The zero-order valence-electron chi connectivity index (χ0n) is 12.1. The van der Waals surface area contributed by atoms with E-state index in [1.54, 1.807) is 18.3 Å². The molecule has 0 radical (unpaired) electrons. The van der Waals surface area contributed by atoms with Crippen molar-refractivity contribution in [3.8, 4) is 0 Å². The van der Waals surface area contributed by atoms with Gasteiger partial charge in [-0.05, 0) is 66.2 Å². The van der Waals surface area contributed by atoms with Gasteiger partial charge in [0.1, 0.15) is 4.60 Å². The van der Waals surface area contributed by atoms with Crippen LogP contribution in [0, 0.1) is 0 Å². The minimum absolute atomic E-state index is 0.145. The van der Waals surface area contributed by atoms with Crippen molar-refractivity contribution >= 4 is 33.2 Å². The molecule has 1 amide bonds. The van der Waals surface area contributed by atoms with E-state index >= 15 is 0 Å². The summed E-state index contributed by atoms with van der Waals surface area (Å²) in [4.78, 5) is 18.4. The molecule has 110 valence electrons. The molecule has 21 heavy (non-hydrogen) atoms. The maximum atomic E-state index is 12.1. The standard InChI is InChI=1S/C16H18BrN3O/c1-3-20(4-2)14-7-5-13(6-8-14)19-16(21)12-9-10-18-15(17)11-12/h5-11H,3-4H2,1-2H3,(H,19,21). The van der Waals surface area contributed by atoms with E-state index in [0.717, 1.165) is 24.5 Å². The number of nitrogens with zero attached hydrogens (tertiary/aromatic N) is 2. The minimum Gasteiger partial charge on any atom is -0.372 e. The summed E-state index contributed by atoms with van der Waals surface area (Å²) in [6.07, 6.45) is 1.60. The van der Waals surface area contributed by atoms with Gasteiger partial charge in [-0.2, -0.15) is 0 Å². The first-order valence-electron chi connectivity index (χ1n) is 6.92. The van der Waals surface area contributed by atoms with Gasteiger partial charge >= 0.3 is 0 Å². The number of benzene rings is 1. The van der Waals surface area contributed by atoms with E-state index in [1.807, 2.05) is 24.3 Å². The van der Waals surface area contributed by atoms with Crippen molar-refractivity contribution in [1.29, 1.82) is 0 Å². The number of anilines is 2. The molecule has 0 unspecified atom stereocenters. The van der Waals surface area contributed by atoms with Crippen LogP contribution in [-0.4, -0.2) is 24.0 Å². The molecule has 2 rings (SSSR count). The molecule has 2 aromatic rings. The monoisotopic (exact) mass is 347 g/mol. The summed E-state index contributed by atoms with van der Waals surface area (Å²) >= 11 is 3.26. The first-order valence-corrected chi connectivity index (χ1v) is 7.71. The molecule has 4 nitrogen and oxygen atoms in total. The largest absolute Gasteiger partial charge is 0.372 e. The van der Waals surface area contributed by atoms with Gasteiger partial charge in [0.2, 0.25) is 0 Å². The van der Waals surface area contributed by atoms with Crippen molar-refractivity contribution in [1.82, 2.24) is 4.98 Å². The third kappa shape index (κ3) is 4.04. The molecule has 0 aliphatic carbocycles. The van der Waals surface area contributed by atoms with Crippen molar-refractivity contribution in [3.05, 3.63) is 52.8 Å². The highest BCUT2D eigenvalue weighted by Crippen LogP contribution is 2.18. The van der Waals surface area contributed by atoms with Crippen LogP contribution in [0.5, 0.6) is 0 Å². The first-order chi connectivity index (χ1) is 10.1. The molecule has 0 aliphatic rings. The molecule has 0 saturated heterocycles. The zero-order chi connectivity index (χ0) is 15.2. The Morgan fingerprint density at radius 2 is 1.86 bits per heavy atom.